The maximum absolute atomic E-state index is 11.9. The minimum atomic E-state index is -3.83. The van der Waals surface area contributed by atoms with Crippen LogP contribution in [0.5, 0.6) is 0 Å². The van der Waals surface area contributed by atoms with Crippen molar-refractivity contribution < 1.29 is 18.3 Å². The van der Waals surface area contributed by atoms with E-state index in [-0.39, 0.29) is 19.0 Å². The molecular formula is C9H14N2O4S. The molecule has 1 aliphatic rings. The molecule has 0 radical (unpaired) electrons. The summed E-state index contributed by atoms with van der Waals surface area (Å²) in [4.78, 5) is 10.7. The van der Waals surface area contributed by atoms with Gasteiger partial charge in [-0.15, -0.1) is 0 Å². The summed E-state index contributed by atoms with van der Waals surface area (Å²) in [6.07, 6.45) is 1.58. The predicted molar refractivity (Wildman–Crippen MR) is 56.0 cm³/mol. The largest absolute Gasteiger partial charge is 0.480 e. The van der Waals surface area contributed by atoms with Crippen molar-refractivity contribution in [3.8, 4) is 6.07 Å². The molecule has 0 spiro atoms. The van der Waals surface area contributed by atoms with Gasteiger partial charge in [0.25, 0.3) is 0 Å². The summed E-state index contributed by atoms with van der Waals surface area (Å²) < 4.78 is 25.0. The molecule has 0 aromatic rings. The Morgan fingerprint density at radius 1 is 1.62 bits per heavy atom. The SMILES string of the molecule is CC(C(=O)O)S(=O)(=O)N(CCC#N)C1CC1. The molecule has 0 aromatic heterocycles. The quantitative estimate of drug-likeness (QED) is 0.720. The van der Waals surface area contributed by atoms with E-state index in [0.717, 1.165) is 24.1 Å². The van der Waals surface area contributed by atoms with Crippen molar-refractivity contribution in [2.24, 2.45) is 0 Å². The maximum Gasteiger partial charge on any atom is 0.323 e. The first-order valence-electron chi connectivity index (χ1n) is 5.01. The van der Waals surface area contributed by atoms with Crippen molar-refractivity contribution in [1.29, 1.82) is 5.26 Å². The topological polar surface area (TPSA) is 98.5 Å². The Morgan fingerprint density at radius 2 is 2.19 bits per heavy atom. The van der Waals surface area contributed by atoms with Crippen LogP contribution in [0.3, 0.4) is 0 Å². The van der Waals surface area contributed by atoms with Crippen LogP contribution in [0.2, 0.25) is 0 Å². The fourth-order valence-corrected chi connectivity index (χ4v) is 3.00. The van der Waals surface area contributed by atoms with Gasteiger partial charge in [-0.2, -0.15) is 9.57 Å². The molecule has 0 aromatic carbocycles. The van der Waals surface area contributed by atoms with Gasteiger partial charge in [-0.1, -0.05) is 0 Å². The molecule has 1 atom stereocenters. The van der Waals surface area contributed by atoms with Crippen molar-refractivity contribution in [3.63, 3.8) is 0 Å². The minimum Gasteiger partial charge on any atom is -0.480 e. The van der Waals surface area contributed by atoms with Crippen LogP contribution in [-0.4, -0.2) is 41.6 Å². The van der Waals surface area contributed by atoms with Crippen LogP contribution in [0.4, 0.5) is 0 Å². The molecule has 0 amide bonds. The Hall–Kier alpha value is -1.13. The maximum atomic E-state index is 11.9. The first kappa shape index (κ1) is 12.9. The number of hydrogen-bond acceptors (Lipinski definition) is 4. The molecule has 0 aliphatic heterocycles. The van der Waals surface area contributed by atoms with Crippen molar-refractivity contribution in [1.82, 2.24) is 4.31 Å². The Morgan fingerprint density at radius 3 is 2.56 bits per heavy atom. The lowest BCUT2D eigenvalue weighted by Crippen LogP contribution is -2.42. The highest BCUT2D eigenvalue weighted by atomic mass is 32.2. The molecule has 7 heteroatoms. The van der Waals surface area contributed by atoms with Gasteiger partial charge >= 0.3 is 5.97 Å². The second-order valence-electron chi connectivity index (χ2n) is 3.78. The minimum absolute atomic E-state index is 0.0844. The second kappa shape index (κ2) is 4.80. The Kier molecular flexibility index (Phi) is 3.88. The number of carboxylic acids is 1. The van der Waals surface area contributed by atoms with Crippen LogP contribution in [0, 0.1) is 11.3 Å². The zero-order chi connectivity index (χ0) is 12.3. The summed E-state index contributed by atoms with van der Waals surface area (Å²) in [5.41, 5.74) is 0. The summed E-state index contributed by atoms with van der Waals surface area (Å²) in [5.74, 6) is -1.36. The Labute approximate surface area is 94.5 Å². The molecular weight excluding hydrogens is 232 g/mol. The molecule has 90 valence electrons. The molecule has 0 saturated heterocycles. The fourth-order valence-electron chi connectivity index (χ4n) is 1.37. The van der Waals surface area contributed by atoms with Crippen LogP contribution in [0.25, 0.3) is 0 Å². The summed E-state index contributed by atoms with van der Waals surface area (Å²) in [6.45, 7) is 1.24. The molecule has 1 N–H and O–H groups in total. The second-order valence-corrected chi connectivity index (χ2v) is 5.98. The van der Waals surface area contributed by atoms with Gasteiger partial charge in [0, 0.05) is 19.0 Å². The zero-order valence-electron chi connectivity index (χ0n) is 8.96. The van der Waals surface area contributed by atoms with Crippen LogP contribution in [0.1, 0.15) is 26.2 Å². The highest BCUT2D eigenvalue weighted by molar-refractivity contribution is 7.90. The van der Waals surface area contributed by atoms with Crippen molar-refractivity contribution >= 4 is 16.0 Å². The van der Waals surface area contributed by atoms with Gasteiger partial charge in [-0.3, -0.25) is 4.79 Å². The van der Waals surface area contributed by atoms with Crippen molar-refractivity contribution in [3.05, 3.63) is 0 Å². The van der Waals surface area contributed by atoms with E-state index in [1.165, 1.54) is 0 Å². The Balaban J connectivity index is 2.84. The first-order chi connectivity index (χ1) is 7.41. The van der Waals surface area contributed by atoms with Gasteiger partial charge in [0.15, 0.2) is 5.25 Å². The van der Waals surface area contributed by atoms with E-state index in [4.69, 9.17) is 10.4 Å². The summed E-state index contributed by atoms with van der Waals surface area (Å²) in [7, 11) is -3.83. The summed E-state index contributed by atoms with van der Waals surface area (Å²) >= 11 is 0. The number of rotatable bonds is 6. The number of nitriles is 1. The van der Waals surface area contributed by atoms with E-state index in [0.29, 0.717) is 0 Å². The van der Waals surface area contributed by atoms with Gasteiger partial charge in [0.2, 0.25) is 10.0 Å². The third kappa shape index (κ3) is 2.71. The standard InChI is InChI=1S/C9H14N2O4S/c1-7(9(12)13)16(14,15)11(6-2-5-10)8-3-4-8/h7-8H,2-4,6H2,1H3,(H,12,13). The average molecular weight is 246 g/mol. The van der Waals surface area contributed by atoms with Gasteiger partial charge in [-0.05, 0) is 19.8 Å². The normalized spacial score (nSPS) is 18.1. The number of sulfonamides is 1. The lowest BCUT2D eigenvalue weighted by atomic mass is 10.4. The van der Waals surface area contributed by atoms with Crippen molar-refractivity contribution in [2.45, 2.75) is 37.5 Å². The molecule has 0 bridgehead atoms. The van der Waals surface area contributed by atoms with Crippen LogP contribution >= 0.6 is 0 Å². The third-order valence-electron chi connectivity index (χ3n) is 2.52. The predicted octanol–water partition coefficient (Wildman–Crippen LogP) is 0.167. The lowest BCUT2D eigenvalue weighted by Gasteiger charge is -2.22. The van der Waals surface area contributed by atoms with E-state index in [1.807, 2.05) is 6.07 Å². The average Bonchev–Trinajstić information content (AvgIpc) is 3.00. The third-order valence-corrected chi connectivity index (χ3v) is 4.75. The number of aliphatic carboxylic acids is 1. The van der Waals surface area contributed by atoms with Gasteiger partial charge in [0.1, 0.15) is 0 Å². The van der Waals surface area contributed by atoms with E-state index < -0.39 is 21.2 Å². The van der Waals surface area contributed by atoms with Crippen LogP contribution in [0.15, 0.2) is 0 Å². The monoisotopic (exact) mass is 246 g/mol. The fraction of sp³-hybridized carbons (Fsp3) is 0.778. The van der Waals surface area contributed by atoms with Gasteiger partial charge in [0.05, 0.1) is 6.07 Å². The Bertz CT molecular complexity index is 408. The number of carbonyl (C=O) groups is 1. The molecule has 1 unspecified atom stereocenters. The summed E-state index contributed by atoms with van der Waals surface area (Å²) in [5, 5.41) is 15.7. The number of nitrogens with zero attached hydrogens (tertiary/aromatic N) is 2. The zero-order valence-corrected chi connectivity index (χ0v) is 9.77. The van der Waals surface area contributed by atoms with Gasteiger partial charge < -0.3 is 5.11 Å². The van der Waals surface area contributed by atoms with E-state index in [9.17, 15) is 13.2 Å². The highest BCUT2D eigenvalue weighted by Crippen LogP contribution is 2.30. The molecule has 0 heterocycles. The number of hydrogen-bond donors (Lipinski definition) is 1. The molecule has 1 aliphatic carbocycles. The molecule has 1 fully saturated rings. The molecule has 1 saturated carbocycles. The molecule has 1 rings (SSSR count). The van der Waals surface area contributed by atoms with E-state index >= 15 is 0 Å². The molecule has 6 nitrogen and oxygen atoms in total. The molecule has 16 heavy (non-hydrogen) atoms. The number of carboxylic acid groups (broad SMARTS) is 1. The highest BCUT2D eigenvalue weighted by Gasteiger charge is 2.41. The van der Waals surface area contributed by atoms with E-state index in [1.54, 1.807) is 0 Å². The lowest BCUT2D eigenvalue weighted by molar-refractivity contribution is -0.136. The first-order valence-corrected chi connectivity index (χ1v) is 6.52. The smallest absolute Gasteiger partial charge is 0.323 e. The van der Waals surface area contributed by atoms with E-state index in [2.05, 4.69) is 0 Å². The van der Waals surface area contributed by atoms with Crippen LogP contribution < -0.4 is 0 Å². The van der Waals surface area contributed by atoms with Gasteiger partial charge in [-0.25, -0.2) is 8.42 Å². The van der Waals surface area contributed by atoms with Crippen LogP contribution in [-0.2, 0) is 14.8 Å². The summed E-state index contributed by atoms with van der Waals surface area (Å²) in [6, 6.07) is 1.76. The van der Waals surface area contributed by atoms with Crippen molar-refractivity contribution in [2.75, 3.05) is 6.54 Å².